The average Bonchev–Trinajstić information content (AvgIpc) is 3.14. The molecule has 0 unspecified atom stereocenters. The number of aryl methyl sites for hydroxylation is 1. The molecule has 0 aromatic carbocycles. The average molecular weight is 335 g/mol. The molecule has 6 nitrogen and oxygen atoms in total. The van der Waals surface area contributed by atoms with Crippen LogP contribution in [0.4, 0.5) is 5.13 Å². The van der Waals surface area contributed by atoms with E-state index in [0.29, 0.717) is 23.3 Å². The zero-order valence-electron chi connectivity index (χ0n) is 12.3. The highest BCUT2D eigenvalue weighted by Crippen LogP contribution is 2.40. The van der Waals surface area contributed by atoms with Crippen LogP contribution in [0.1, 0.15) is 30.3 Å². The minimum absolute atomic E-state index is 0.0829. The van der Waals surface area contributed by atoms with Crippen molar-refractivity contribution in [3.8, 4) is 0 Å². The highest BCUT2D eigenvalue weighted by molar-refractivity contribution is 7.99. The summed E-state index contributed by atoms with van der Waals surface area (Å²) in [6, 6.07) is 0. The van der Waals surface area contributed by atoms with Gasteiger partial charge in [0.05, 0.1) is 11.4 Å². The first-order valence-electron chi connectivity index (χ1n) is 7.06. The Kier molecular flexibility index (Phi) is 4.58. The molecule has 1 fully saturated rings. The lowest BCUT2D eigenvalue weighted by Gasteiger charge is -2.06. The standard InChI is InChI=1S/C14H17N5OS2/c1-3-6-19-12(10-4-5-10)17-18-14(19)22-8-11(20)16-13-15-9(2)7-21-13/h3,7,10H,1,4-6,8H2,2H3,(H,15,16,20). The summed E-state index contributed by atoms with van der Waals surface area (Å²) in [4.78, 5) is 16.2. The zero-order chi connectivity index (χ0) is 15.5. The molecule has 0 aliphatic heterocycles. The van der Waals surface area contributed by atoms with Crippen LogP contribution in [0.3, 0.4) is 0 Å². The number of thiazole rings is 1. The van der Waals surface area contributed by atoms with Gasteiger partial charge in [0.25, 0.3) is 0 Å². The molecule has 1 saturated carbocycles. The molecule has 8 heteroatoms. The smallest absolute Gasteiger partial charge is 0.236 e. The fourth-order valence-electron chi connectivity index (χ4n) is 2.05. The molecule has 22 heavy (non-hydrogen) atoms. The van der Waals surface area contributed by atoms with Gasteiger partial charge in [0, 0.05) is 17.8 Å². The van der Waals surface area contributed by atoms with E-state index in [2.05, 4.69) is 31.6 Å². The summed E-state index contributed by atoms with van der Waals surface area (Å²) in [6.07, 6.45) is 4.17. The molecular formula is C14H17N5OS2. The molecular weight excluding hydrogens is 318 g/mol. The van der Waals surface area contributed by atoms with Gasteiger partial charge in [0.15, 0.2) is 10.3 Å². The van der Waals surface area contributed by atoms with Crippen molar-refractivity contribution < 1.29 is 4.79 Å². The largest absolute Gasteiger partial charge is 0.302 e. The number of nitrogens with one attached hydrogen (secondary N) is 1. The number of carbonyl (C=O) groups excluding carboxylic acids is 1. The Morgan fingerprint density at radius 3 is 3.05 bits per heavy atom. The molecule has 2 heterocycles. The van der Waals surface area contributed by atoms with Crippen LogP contribution < -0.4 is 5.32 Å². The van der Waals surface area contributed by atoms with Gasteiger partial charge in [-0.05, 0) is 19.8 Å². The van der Waals surface area contributed by atoms with E-state index >= 15 is 0 Å². The molecule has 0 atom stereocenters. The normalized spacial score (nSPS) is 14.0. The number of hydrogen-bond donors (Lipinski definition) is 1. The number of hydrogen-bond acceptors (Lipinski definition) is 6. The number of allylic oxidation sites excluding steroid dienone is 1. The molecule has 0 bridgehead atoms. The highest BCUT2D eigenvalue weighted by Gasteiger charge is 2.30. The third-order valence-electron chi connectivity index (χ3n) is 3.20. The van der Waals surface area contributed by atoms with Crippen LogP contribution >= 0.6 is 23.1 Å². The lowest BCUT2D eigenvalue weighted by atomic mass is 10.4. The Morgan fingerprint density at radius 1 is 1.59 bits per heavy atom. The summed E-state index contributed by atoms with van der Waals surface area (Å²) in [5.74, 6) is 1.74. The zero-order valence-corrected chi connectivity index (χ0v) is 13.9. The van der Waals surface area contributed by atoms with Crippen LogP contribution in [-0.2, 0) is 11.3 Å². The van der Waals surface area contributed by atoms with Crippen LogP contribution in [0.25, 0.3) is 0 Å². The van der Waals surface area contributed by atoms with E-state index in [9.17, 15) is 4.79 Å². The second-order valence-electron chi connectivity index (χ2n) is 5.15. The number of thioether (sulfide) groups is 1. The Balaban J connectivity index is 1.60. The van der Waals surface area contributed by atoms with Crippen molar-refractivity contribution in [2.45, 2.75) is 37.4 Å². The van der Waals surface area contributed by atoms with Crippen molar-refractivity contribution in [2.75, 3.05) is 11.1 Å². The Hall–Kier alpha value is -1.67. The predicted molar refractivity (Wildman–Crippen MR) is 88.4 cm³/mol. The second kappa shape index (κ2) is 6.62. The van der Waals surface area contributed by atoms with E-state index < -0.39 is 0 Å². The number of carbonyl (C=O) groups is 1. The maximum atomic E-state index is 12.0. The molecule has 1 amide bonds. The van der Waals surface area contributed by atoms with E-state index in [-0.39, 0.29) is 5.91 Å². The van der Waals surface area contributed by atoms with Gasteiger partial charge in [-0.3, -0.25) is 4.79 Å². The number of rotatable bonds is 7. The minimum Gasteiger partial charge on any atom is -0.302 e. The van der Waals surface area contributed by atoms with Crippen LogP contribution in [0, 0.1) is 6.92 Å². The predicted octanol–water partition coefficient (Wildman–Crippen LogP) is 2.84. The minimum atomic E-state index is -0.0829. The lowest BCUT2D eigenvalue weighted by molar-refractivity contribution is -0.113. The summed E-state index contributed by atoms with van der Waals surface area (Å²) in [5.41, 5.74) is 0.910. The molecule has 1 aliphatic carbocycles. The number of amides is 1. The molecule has 2 aromatic rings. The second-order valence-corrected chi connectivity index (χ2v) is 6.95. The number of aromatic nitrogens is 4. The van der Waals surface area contributed by atoms with Crippen molar-refractivity contribution >= 4 is 34.1 Å². The van der Waals surface area contributed by atoms with Gasteiger partial charge in [-0.15, -0.1) is 28.1 Å². The van der Waals surface area contributed by atoms with Crippen LogP contribution in [0.15, 0.2) is 23.2 Å². The van der Waals surface area contributed by atoms with E-state index in [4.69, 9.17) is 0 Å². The van der Waals surface area contributed by atoms with Gasteiger partial charge < -0.3 is 9.88 Å². The number of nitrogens with zero attached hydrogens (tertiary/aromatic N) is 4. The number of anilines is 1. The molecule has 3 rings (SSSR count). The molecule has 0 saturated heterocycles. The van der Waals surface area contributed by atoms with Crippen molar-refractivity contribution in [3.05, 3.63) is 29.6 Å². The SMILES string of the molecule is C=CCn1c(SCC(=O)Nc2nc(C)cs2)nnc1C1CC1. The molecule has 0 radical (unpaired) electrons. The van der Waals surface area contributed by atoms with Gasteiger partial charge in [-0.1, -0.05) is 17.8 Å². The quantitative estimate of drug-likeness (QED) is 0.622. The van der Waals surface area contributed by atoms with E-state index in [1.54, 1.807) is 0 Å². The molecule has 2 aromatic heterocycles. The summed E-state index contributed by atoms with van der Waals surface area (Å²) >= 11 is 2.82. The maximum absolute atomic E-state index is 12.0. The first-order valence-corrected chi connectivity index (χ1v) is 8.92. The first kappa shape index (κ1) is 15.2. The van der Waals surface area contributed by atoms with Crippen LogP contribution in [0.5, 0.6) is 0 Å². The maximum Gasteiger partial charge on any atom is 0.236 e. The van der Waals surface area contributed by atoms with Crippen molar-refractivity contribution in [3.63, 3.8) is 0 Å². The van der Waals surface area contributed by atoms with Gasteiger partial charge in [0.2, 0.25) is 5.91 Å². The van der Waals surface area contributed by atoms with Gasteiger partial charge in [0.1, 0.15) is 5.82 Å². The molecule has 116 valence electrons. The molecule has 1 aliphatic rings. The van der Waals surface area contributed by atoms with Crippen molar-refractivity contribution in [1.29, 1.82) is 0 Å². The van der Waals surface area contributed by atoms with Gasteiger partial charge in [-0.25, -0.2) is 4.98 Å². The summed E-state index contributed by atoms with van der Waals surface area (Å²) in [7, 11) is 0. The fraction of sp³-hybridized carbons (Fsp3) is 0.429. The van der Waals surface area contributed by atoms with E-state index in [0.717, 1.165) is 16.7 Å². The molecule has 0 spiro atoms. The van der Waals surface area contributed by atoms with Crippen molar-refractivity contribution in [1.82, 2.24) is 19.7 Å². The Morgan fingerprint density at radius 2 is 2.41 bits per heavy atom. The third kappa shape index (κ3) is 3.56. The van der Waals surface area contributed by atoms with Crippen LogP contribution in [-0.4, -0.2) is 31.4 Å². The summed E-state index contributed by atoms with van der Waals surface area (Å²) in [6.45, 7) is 6.36. The summed E-state index contributed by atoms with van der Waals surface area (Å²) < 4.78 is 2.05. The monoisotopic (exact) mass is 335 g/mol. The van der Waals surface area contributed by atoms with Crippen LogP contribution in [0.2, 0.25) is 0 Å². The highest BCUT2D eigenvalue weighted by atomic mass is 32.2. The third-order valence-corrected chi connectivity index (χ3v) is 5.04. The van der Waals surface area contributed by atoms with E-state index in [1.807, 2.05) is 18.4 Å². The molecule has 1 N–H and O–H groups in total. The van der Waals surface area contributed by atoms with E-state index in [1.165, 1.54) is 35.9 Å². The first-order chi connectivity index (χ1) is 10.7. The Bertz CT molecular complexity index is 689. The Labute approximate surface area is 137 Å². The summed E-state index contributed by atoms with van der Waals surface area (Å²) in [5, 5.41) is 14.6. The van der Waals surface area contributed by atoms with Crippen molar-refractivity contribution in [2.24, 2.45) is 0 Å². The van der Waals surface area contributed by atoms with Gasteiger partial charge in [-0.2, -0.15) is 0 Å². The lowest BCUT2D eigenvalue weighted by Crippen LogP contribution is -2.14. The fourth-order valence-corrected chi connectivity index (χ4v) is 3.51. The van der Waals surface area contributed by atoms with Gasteiger partial charge >= 0.3 is 0 Å². The topological polar surface area (TPSA) is 72.7 Å².